The summed E-state index contributed by atoms with van der Waals surface area (Å²) >= 11 is 3.24. The van der Waals surface area contributed by atoms with Crippen LogP contribution in [0.15, 0.2) is 35.5 Å². The van der Waals surface area contributed by atoms with E-state index in [1.807, 2.05) is 36.6 Å². The topological polar surface area (TPSA) is 52.1 Å². The number of thioether (sulfide) groups is 1. The lowest BCUT2D eigenvalue weighted by molar-refractivity contribution is 0.0919. The van der Waals surface area contributed by atoms with Gasteiger partial charge in [-0.1, -0.05) is 49.0 Å². The van der Waals surface area contributed by atoms with Gasteiger partial charge in [0, 0.05) is 10.4 Å². The lowest BCUT2D eigenvalue weighted by Gasteiger charge is -2.18. The predicted molar refractivity (Wildman–Crippen MR) is 107 cm³/mol. The first-order valence-corrected chi connectivity index (χ1v) is 10.8. The third-order valence-electron chi connectivity index (χ3n) is 4.72. The van der Waals surface area contributed by atoms with E-state index in [1.165, 1.54) is 28.6 Å². The first-order valence-electron chi connectivity index (χ1n) is 8.73. The highest BCUT2D eigenvalue weighted by Crippen LogP contribution is 2.41. The molecule has 1 aliphatic carbocycles. The zero-order valence-corrected chi connectivity index (χ0v) is 16.5. The summed E-state index contributed by atoms with van der Waals surface area (Å²) in [5, 5.41) is 1.70. The highest BCUT2D eigenvalue weighted by Gasteiger charge is 2.25. The van der Waals surface area contributed by atoms with E-state index in [2.05, 4.69) is 16.9 Å². The average molecular weight is 385 g/mol. The van der Waals surface area contributed by atoms with E-state index >= 15 is 0 Å². The van der Waals surface area contributed by atoms with Crippen LogP contribution in [-0.2, 0) is 12.8 Å². The van der Waals surface area contributed by atoms with Gasteiger partial charge in [-0.3, -0.25) is 4.79 Å². The zero-order chi connectivity index (χ0) is 18.1. The van der Waals surface area contributed by atoms with Crippen molar-refractivity contribution in [1.82, 2.24) is 9.97 Å². The van der Waals surface area contributed by atoms with Gasteiger partial charge in [0.15, 0.2) is 17.5 Å². The Hall–Kier alpha value is -1.92. The van der Waals surface area contributed by atoms with Crippen molar-refractivity contribution < 1.29 is 9.53 Å². The number of hydrogen-bond donors (Lipinski definition) is 0. The first kappa shape index (κ1) is 17.5. The Kier molecular flexibility index (Phi) is 4.96. The lowest BCUT2D eigenvalue weighted by atomic mass is 9.89. The minimum atomic E-state index is -0.0409. The van der Waals surface area contributed by atoms with Crippen LogP contribution in [0.25, 0.3) is 10.2 Å². The molecule has 0 amide bonds. The molecule has 1 aliphatic rings. The Labute approximate surface area is 161 Å². The Morgan fingerprint density at radius 1 is 1.31 bits per heavy atom. The number of carbonyl (C=O) groups excluding carboxylic acids is 1. The second-order valence-electron chi connectivity index (χ2n) is 6.63. The van der Waals surface area contributed by atoms with Gasteiger partial charge in [-0.25, -0.2) is 4.98 Å². The highest BCUT2D eigenvalue weighted by molar-refractivity contribution is 7.98. The summed E-state index contributed by atoms with van der Waals surface area (Å²) in [4.78, 5) is 24.0. The SMILES string of the molecule is CSc1nc(OCC(=O)c2ccccc2)c2c3c(sc2n1)CC(C)CC3. The molecular weight excluding hydrogens is 364 g/mol. The van der Waals surface area contributed by atoms with Crippen molar-refractivity contribution in [2.45, 2.75) is 31.3 Å². The van der Waals surface area contributed by atoms with Gasteiger partial charge in [-0.15, -0.1) is 11.3 Å². The predicted octanol–water partition coefficient (Wildman–Crippen LogP) is 4.80. The number of rotatable bonds is 5. The fraction of sp³-hybridized carbons (Fsp3) is 0.350. The third kappa shape index (κ3) is 3.35. The summed E-state index contributed by atoms with van der Waals surface area (Å²) in [6.45, 7) is 2.28. The molecule has 0 N–H and O–H groups in total. The molecule has 2 heterocycles. The Balaban J connectivity index is 1.68. The maximum Gasteiger partial charge on any atom is 0.227 e. The quantitative estimate of drug-likeness (QED) is 0.359. The van der Waals surface area contributed by atoms with E-state index in [1.54, 1.807) is 11.3 Å². The highest BCUT2D eigenvalue weighted by atomic mass is 32.2. The van der Waals surface area contributed by atoms with E-state index in [-0.39, 0.29) is 12.4 Å². The monoisotopic (exact) mass is 384 g/mol. The van der Waals surface area contributed by atoms with Gasteiger partial charge in [0.25, 0.3) is 0 Å². The van der Waals surface area contributed by atoms with Crippen molar-refractivity contribution in [3.05, 3.63) is 46.3 Å². The van der Waals surface area contributed by atoms with Gasteiger partial charge < -0.3 is 4.74 Å². The summed E-state index contributed by atoms with van der Waals surface area (Å²) in [7, 11) is 0. The van der Waals surface area contributed by atoms with Crippen molar-refractivity contribution >= 4 is 39.1 Å². The second-order valence-corrected chi connectivity index (χ2v) is 8.48. The molecule has 0 saturated heterocycles. The number of aromatic nitrogens is 2. The van der Waals surface area contributed by atoms with E-state index < -0.39 is 0 Å². The van der Waals surface area contributed by atoms with E-state index in [9.17, 15) is 4.79 Å². The number of hydrogen-bond acceptors (Lipinski definition) is 6. The number of aryl methyl sites for hydroxylation is 1. The Morgan fingerprint density at radius 3 is 2.88 bits per heavy atom. The van der Waals surface area contributed by atoms with Crippen LogP contribution in [0.5, 0.6) is 5.88 Å². The van der Waals surface area contributed by atoms with Crippen molar-refractivity contribution in [3.8, 4) is 5.88 Å². The van der Waals surface area contributed by atoms with Gasteiger partial charge in [0.1, 0.15) is 4.83 Å². The summed E-state index contributed by atoms with van der Waals surface area (Å²) in [5.41, 5.74) is 1.97. The summed E-state index contributed by atoms with van der Waals surface area (Å²) in [6, 6.07) is 9.23. The molecule has 4 nitrogen and oxygen atoms in total. The normalized spacial score (nSPS) is 16.5. The van der Waals surface area contributed by atoms with Gasteiger partial charge in [-0.2, -0.15) is 4.98 Å². The average Bonchev–Trinajstić information content (AvgIpc) is 3.03. The molecule has 0 bridgehead atoms. The van der Waals surface area contributed by atoms with Crippen LogP contribution in [0.3, 0.4) is 0 Å². The van der Waals surface area contributed by atoms with Crippen molar-refractivity contribution in [2.24, 2.45) is 5.92 Å². The fourth-order valence-corrected chi connectivity index (χ4v) is 5.12. The van der Waals surface area contributed by atoms with Gasteiger partial charge in [0.05, 0.1) is 5.39 Å². The summed E-state index contributed by atoms with van der Waals surface area (Å²) < 4.78 is 5.92. The molecule has 1 unspecified atom stereocenters. The van der Waals surface area contributed by atoms with Crippen LogP contribution in [0.4, 0.5) is 0 Å². The van der Waals surface area contributed by atoms with Crippen LogP contribution < -0.4 is 4.74 Å². The molecule has 0 spiro atoms. The number of fused-ring (bicyclic) bond motifs is 3. The van der Waals surface area contributed by atoms with Crippen molar-refractivity contribution in [3.63, 3.8) is 0 Å². The molecule has 1 atom stereocenters. The smallest absolute Gasteiger partial charge is 0.227 e. The van der Waals surface area contributed by atoms with Crippen LogP contribution in [0.1, 0.15) is 34.1 Å². The largest absolute Gasteiger partial charge is 0.469 e. The number of ketones is 1. The second kappa shape index (κ2) is 7.37. The molecule has 0 saturated carbocycles. The molecule has 3 aromatic rings. The number of ether oxygens (including phenoxy) is 1. The number of Topliss-reactive ketones (excluding diaryl/α,β-unsaturated/α-hetero) is 1. The van der Waals surface area contributed by atoms with Crippen LogP contribution in [0.2, 0.25) is 0 Å². The van der Waals surface area contributed by atoms with Crippen molar-refractivity contribution in [2.75, 3.05) is 12.9 Å². The standard InChI is InChI=1S/C20H20N2O2S2/c1-12-8-9-14-16(10-12)26-19-17(14)18(21-20(22-19)25-2)24-11-15(23)13-6-4-3-5-7-13/h3-7,12H,8-11H2,1-2H3. The maximum absolute atomic E-state index is 12.4. The Morgan fingerprint density at radius 2 is 2.12 bits per heavy atom. The molecule has 1 aromatic carbocycles. The first-order chi connectivity index (χ1) is 12.7. The zero-order valence-electron chi connectivity index (χ0n) is 14.8. The van der Waals surface area contributed by atoms with Gasteiger partial charge in [0.2, 0.25) is 5.88 Å². The number of nitrogens with zero attached hydrogens (tertiary/aromatic N) is 2. The number of carbonyl (C=O) groups is 1. The fourth-order valence-electron chi connectivity index (χ4n) is 3.33. The number of benzene rings is 1. The minimum Gasteiger partial charge on any atom is -0.469 e. The van der Waals surface area contributed by atoms with Gasteiger partial charge >= 0.3 is 0 Å². The van der Waals surface area contributed by atoms with Crippen molar-refractivity contribution in [1.29, 1.82) is 0 Å². The molecule has 0 radical (unpaired) electrons. The molecular formula is C20H20N2O2S2. The van der Waals surface area contributed by atoms with E-state index in [0.29, 0.717) is 22.5 Å². The molecule has 2 aromatic heterocycles. The molecule has 0 fully saturated rings. The summed E-state index contributed by atoms with van der Waals surface area (Å²) in [6.07, 6.45) is 5.25. The van der Waals surface area contributed by atoms with E-state index in [4.69, 9.17) is 4.74 Å². The maximum atomic E-state index is 12.4. The molecule has 134 valence electrons. The van der Waals surface area contributed by atoms with Gasteiger partial charge in [-0.05, 0) is 37.0 Å². The Bertz CT molecular complexity index is 953. The van der Waals surface area contributed by atoms with Crippen LogP contribution in [0, 0.1) is 5.92 Å². The third-order valence-corrected chi connectivity index (χ3v) is 6.42. The van der Waals surface area contributed by atoms with E-state index in [0.717, 1.165) is 23.1 Å². The molecule has 26 heavy (non-hydrogen) atoms. The summed E-state index contributed by atoms with van der Waals surface area (Å²) in [5.74, 6) is 1.21. The van der Waals surface area contributed by atoms with Crippen LogP contribution in [-0.4, -0.2) is 28.6 Å². The minimum absolute atomic E-state index is 0.00896. The molecule has 0 aliphatic heterocycles. The van der Waals surface area contributed by atoms with Crippen LogP contribution >= 0.6 is 23.1 Å². The lowest BCUT2D eigenvalue weighted by Crippen LogP contribution is -2.13. The number of thiophene rings is 1. The molecule has 4 rings (SSSR count). The molecule has 6 heteroatoms.